The average Bonchev–Trinajstić information content (AvgIpc) is 3.77. The maximum atomic E-state index is 6.86. The van der Waals surface area contributed by atoms with Gasteiger partial charge >= 0.3 is 0 Å². The molecule has 0 N–H and O–H groups in total. The number of hydrogen-bond acceptors (Lipinski definition) is 1. The van der Waals surface area contributed by atoms with Gasteiger partial charge in [0.2, 0.25) is 0 Å². The summed E-state index contributed by atoms with van der Waals surface area (Å²) in [4.78, 5) is 0. The average molecular weight is 757 g/mol. The molecular formula is C51H42B8O. The van der Waals surface area contributed by atoms with E-state index in [0.29, 0.717) is 0 Å². The van der Waals surface area contributed by atoms with Crippen molar-refractivity contribution in [1.29, 1.82) is 0 Å². The fraction of sp³-hybridized carbons (Fsp3) is 0.0588. The normalized spacial score (nSPS) is 13.2. The van der Waals surface area contributed by atoms with Crippen molar-refractivity contribution >= 4 is 161 Å². The van der Waals surface area contributed by atoms with Crippen molar-refractivity contribution in [2.24, 2.45) is 0 Å². The van der Waals surface area contributed by atoms with Gasteiger partial charge in [-0.3, -0.25) is 0 Å². The Morgan fingerprint density at radius 3 is 1.53 bits per heavy atom. The van der Waals surface area contributed by atoms with Crippen LogP contribution >= 0.6 is 0 Å². The van der Waals surface area contributed by atoms with Gasteiger partial charge in [0.1, 0.15) is 73.9 Å². The summed E-state index contributed by atoms with van der Waals surface area (Å²) >= 11 is 0. The Bertz CT molecular complexity index is 3470. The molecule has 0 atom stereocenters. The van der Waals surface area contributed by atoms with Gasteiger partial charge in [0, 0.05) is 21.6 Å². The third kappa shape index (κ3) is 4.93. The molecular weight excluding hydrogens is 715 g/mol. The van der Waals surface area contributed by atoms with Crippen molar-refractivity contribution in [3.05, 3.63) is 132 Å². The highest BCUT2D eigenvalue weighted by Crippen LogP contribution is 2.52. The maximum Gasteiger partial charge on any atom is 0.143 e. The zero-order valence-corrected chi connectivity index (χ0v) is 36.5. The van der Waals surface area contributed by atoms with E-state index in [1.54, 1.807) is 0 Å². The Balaban J connectivity index is 1.28. The Morgan fingerprint density at radius 1 is 0.383 bits per heavy atom. The minimum atomic E-state index is -0.173. The fourth-order valence-corrected chi connectivity index (χ4v) is 11.1. The van der Waals surface area contributed by atoms with Crippen molar-refractivity contribution in [1.82, 2.24) is 0 Å². The van der Waals surface area contributed by atoms with E-state index in [9.17, 15) is 0 Å². The molecule has 9 heteroatoms. The first-order chi connectivity index (χ1) is 28.9. The van der Waals surface area contributed by atoms with Gasteiger partial charge < -0.3 is 4.42 Å². The zero-order chi connectivity index (χ0) is 41.5. The standard InChI is InChI=1S/C51H42B8O/c1-51(2)32-21-25(23-9-4-3-5-10-23)16-18-28(32)29-19-17-26(22-33(29)51)35-38-40(44(54)48(58)46(56)42(38)52)37(41-39(35)43(53)47(57)49(59)45(41)55)30-13-8-14-34-36(30)31-20-15-24-11-6-7-12-27(24)50(31)60-34/h3-22H,52-59H2,1-2H3. The van der Waals surface area contributed by atoms with Gasteiger partial charge in [0.05, 0.1) is 0 Å². The lowest BCUT2D eigenvalue weighted by molar-refractivity contribution is 0.661. The molecule has 1 aromatic heterocycles. The van der Waals surface area contributed by atoms with Crippen molar-refractivity contribution in [3.8, 4) is 44.5 Å². The first kappa shape index (κ1) is 37.1. The second-order valence-electron chi connectivity index (χ2n) is 18.2. The van der Waals surface area contributed by atoms with Crippen LogP contribution < -0.4 is 43.7 Å². The highest BCUT2D eigenvalue weighted by atomic mass is 16.3. The number of fused-ring (bicyclic) bond motifs is 10. The molecule has 0 radical (unpaired) electrons. The van der Waals surface area contributed by atoms with Crippen LogP contribution in [0.2, 0.25) is 0 Å². The van der Waals surface area contributed by atoms with E-state index in [2.05, 4.69) is 198 Å². The highest BCUT2D eigenvalue weighted by Gasteiger charge is 2.36. The van der Waals surface area contributed by atoms with Gasteiger partial charge in [-0.15, -0.1) is 21.9 Å². The van der Waals surface area contributed by atoms with Gasteiger partial charge in [-0.25, -0.2) is 0 Å². The number of furan rings is 1. The molecule has 60 heavy (non-hydrogen) atoms. The van der Waals surface area contributed by atoms with Crippen molar-refractivity contribution in [2.75, 3.05) is 0 Å². The lowest BCUT2D eigenvalue weighted by Gasteiger charge is -2.29. The van der Waals surface area contributed by atoms with E-state index in [4.69, 9.17) is 4.42 Å². The maximum absolute atomic E-state index is 6.86. The van der Waals surface area contributed by atoms with Crippen LogP contribution in [-0.4, -0.2) is 62.8 Å². The minimum absolute atomic E-state index is 0.173. The quantitative estimate of drug-likeness (QED) is 0.189. The molecule has 0 aliphatic heterocycles. The van der Waals surface area contributed by atoms with E-state index in [1.165, 1.54) is 132 Å². The summed E-state index contributed by atoms with van der Waals surface area (Å²) in [5.74, 6) is 0. The Morgan fingerprint density at radius 2 is 0.917 bits per heavy atom. The Hall–Kier alpha value is -5.92. The molecule has 11 rings (SSSR count). The van der Waals surface area contributed by atoms with Gasteiger partial charge in [-0.2, -0.15) is 0 Å². The largest absolute Gasteiger partial charge is 0.455 e. The zero-order valence-electron chi connectivity index (χ0n) is 36.5. The predicted octanol–water partition coefficient (Wildman–Crippen LogP) is 0.420. The predicted molar refractivity (Wildman–Crippen MR) is 286 cm³/mol. The van der Waals surface area contributed by atoms with Crippen LogP contribution in [0.4, 0.5) is 0 Å². The van der Waals surface area contributed by atoms with Gasteiger partial charge in [-0.1, -0.05) is 133 Å². The smallest absolute Gasteiger partial charge is 0.143 e. The molecule has 0 fully saturated rings. The Kier molecular flexibility index (Phi) is 8.06. The van der Waals surface area contributed by atoms with Crippen LogP contribution in [0.15, 0.2) is 126 Å². The summed E-state index contributed by atoms with van der Waals surface area (Å²) < 4.78 is 6.86. The number of rotatable bonds is 3. The molecule has 1 heterocycles. The molecule has 1 nitrogen and oxygen atoms in total. The molecule has 1 aliphatic rings. The molecule has 276 valence electrons. The molecule has 0 spiro atoms. The summed E-state index contributed by atoms with van der Waals surface area (Å²) in [5, 5.41) is 10.1. The van der Waals surface area contributed by atoms with E-state index in [0.717, 1.165) is 21.9 Å². The third-order valence-electron chi connectivity index (χ3n) is 15.1. The number of benzene rings is 9. The molecule has 10 aromatic rings. The summed E-state index contributed by atoms with van der Waals surface area (Å²) in [5.41, 5.74) is 25.8. The molecule has 0 saturated carbocycles. The molecule has 1 aliphatic carbocycles. The second kappa shape index (κ2) is 13.0. The monoisotopic (exact) mass is 758 g/mol. The summed E-state index contributed by atoms with van der Waals surface area (Å²) in [6.45, 7) is 4.83. The van der Waals surface area contributed by atoms with Crippen molar-refractivity contribution < 1.29 is 4.42 Å². The van der Waals surface area contributed by atoms with E-state index in [1.807, 2.05) is 0 Å². The molecule has 0 unspecified atom stereocenters. The summed E-state index contributed by atoms with van der Waals surface area (Å²) in [6.07, 6.45) is 0. The van der Waals surface area contributed by atoms with Crippen LogP contribution in [-0.2, 0) is 5.41 Å². The third-order valence-corrected chi connectivity index (χ3v) is 15.1. The van der Waals surface area contributed by atoms with Crippen molar-refractivity contribution in [2.45, 2.75) is 19.3 Å². The first-order valence-corrected chi connectivity index (χ1v) is 21.5. The van der Waals surface area contributed by atoms with Crippen LogP contribution in [0, 0.1) is 0 Å². The summed E-state index contributed by atoms with van der Waals surface area (Å²) in [7, 11) is 18.7. The van der Waals surface area contributed by atoms with Crippen LogP contribution in [0.3, 0.4) is 0 Å². The molecule has 0 amide bonds. The van der Waals surface area contributed by atoms with E-state index in [-0.39, 0.29) is 5.41 Å². The molecule has 0 saturated heterocycles. The van der Waals surface area contributed by atoms with Gasteiger partial charge in [0.25, 0.3) is 0 Å². The fourth-order valence-electron chi connectivity index (χ4n) is 11.1. The summed E-state index contributed by atoms with van der Waals surface area (Å²) in [6, 6.07) is 45.1. The molecule has 9 aromatic carbocycles. The lowest BCUT2D eigenvalue weighted by atomic mass is 9.59. The highest BCUT2D eigenvalue weighted by molar-refractivity contribution is 6.71. The molecule has 0 bridgehead atoms. The van der Waals surface area contributed by atoms with E-state index < -0.39 is 0 Å². The van der Waals surface area contributed by atoms with Crippen molar-refractivity contribution in [3.63, 3.8) is 0 Å². The minimum Gasteiger partial charge on any atom is -0.455 e. The topological polar surface area (TPSA) is 13.1 Å². The van der Waals surface area contributed by atoms with Crippen LogP contribution in [0.5, 0.6) is 0 Å². The van der Waals surface area contributed by atoms with E-state index >= 15 is 0 Å². The lowest BCUT2D eigenvalue weighted by Crippen LogP contribution is -2.50. The first-order valence-electron chi connectivity index (χ1n) is 21.5. The second-order valence-corrected chi connectivity index (χ2v) is 18.2. The van der Waals surface area contributed by atoms with Gasteiger partial charge in [0.15, 0.2) is 0 Å². The Labute approximate surface area is 359 Å². The van der Waals surface area contributed by atoms with Crippen LogP contribution in [0.1, 0.15) is 25.0 Å². The SMILES string of the molecule is Bc1c(B)c(B)c2c(-c3cccc4oc5c6ccccc6ccc5c34)c3c(B)c(B)c(B)c(B)c3c(-c3ccc4c(c3)C(C)(C)c3cc(-c5ccccc5)ccc3-4)c2c1B. The van der Waals surface area contributed by atoms with Crippen LogP contribution in [0.25, 0.3) is 98.8 Å². The van der Waals surface area contributed by atoms with Gasteiger partial charge in [-0.05, 0) is 107 Å². The number of hydrogen-bond donors (Lipinski definition) is 0.